The Morgan fingerprint density at radius 3 is 2.02 bits per heavy atom. The molecule has 10 nitrogen and oxygen atoms in total. The smallest absolute Gasteiger partial charge is 0.232 e. The Bertz CT molecular complexity index is 2350. The fourth-order valence-corrected chi connectivity index (χ4v) is 7.77. The van der Waals surface area contributed by atoms with Crippen molar-refractivity contribution in [1.82, 2.24) is 14.7 Å². The van der Waals surface area contributed by atoms with E-state index in [1.165, 1.54) is 0 Å². The minimum atomic E-state index is -0.257. The van der Waals surface area contributed by atoms with Gasteiger partial charge in [0, 0.05) is 56.8 Å². The van der Waals surface area contributed by atoms with Crippen molar-refractivity contribution in [3.63, 3.8) is 0 Å². The Morgan fingerprint density at radius 2 is 1.34 bits per heavy atom. The topological polar surface area (TPSA) is 97.8 Å². The number of fused-ring (bicyclic) bond motifs is 2. The molecule has 0 atom stereocenters. The molecule has 0 unspecified atom stereocenters. The van der Waals surface area contributed by atoms with E-state index in [1.54, 1.807) is 18.2 Å². The van der Waals surface area contributed by atoms with Crippen LogP contribution in [0.1, 0.15) is 82.5 Å². The van der Waals surface area contributed by atoms with E-state index < -0.39 is 0 Å². The summed E-state index contributed by atoms with van der Waals surface area (Å²) in [4.78, 5) is 35.4. The van der Waals surface area contributed by atoms with Crippen LogP contribution in [-0.4, -0.2) is 105 Å². The summed E-state index contributed by atoms with van der Waals surface area (Å²) in [5, 5.41) is 1.52. The number of hydrogen-bond donors (Lipinski definition) is 0. The lowest BCUT2D eigenvalue weighted by atomic mass is 9.98. The molecule has 6 aromatic rings. The van der Waals surface area contributed by atoms with Crippen molar-refractivity contribution >= 4 is 33.5 Å². The van der Waals surface area contributed by atoms with Gasteiger partial charge < -0.3 is 37.7 Å². The average Bonchev–Trinajstić information content (AvgIpc) is 3.80. The van der Waals surface area contributed by atoms with E-state index in [-0.39, 0.29) is 23.1 Å². The van der Waals surface area contributed by atoms with E-state index in [4.69, 9.17) is 23.0 Å². The molecular weight excluding hydrogens is 743 g/mol. The van der Waals surface area contributed by atoms with E-state index in [9.17, 15) is 9.59 Å². The van der Waals surface area contributed by atoms with Gasteiger partial charge in [0.25, 0.3) is 0 Å². The number of benzene rings is 4. The van der Waals surface area contributed by atoms with Gasteiger partial charge in [0.1, 0.15) is 16.9 Å². The molecule has 3 heterocycles. The Morgan fingerprint density at radius 1 is 0.695 bits per heavy atom. The summed E-state index contributed by atoms with van der Waals surface area (Å²) >= 11 is 0. The van der Waals surface area contributed by atoms with Gasteiger partial charge in [-0.25, -0.2) is 0 Å². The zero-order chi connectivity index (χ0) is 41.3. The monoisotopic (exact) mass is 799 g/mol. The minimum Gasteiger partial charge on any atom is -0.494 e. The Labute approximate surface area is 347 Å². The first kappa shape index (κ1) is 41.7. The predicted octanol–water partition coefficient (Wildman–Crippen LogP) is 9.07. The Hall–Kier alpha value is -5.42. The predicted molar refractivity (Wildman–Crippen MR) is 233 cm³/mol. The SMILES string of the molecule is CCOc1ccc(C(=O)c2oc3ccc(C)cc3c2OCCCN2CCN(C)CC2)cc1Cc1ccc2oc(C(=O)c3ccccc3)c(OCCCN(CC)CC)c2c1. The molecule has 10 heteroatoms. The summed E-state index contributed by atoms with van der Waals surface area (Å²) < 4.78 is 31.4. The fourth-order valence-electron chi connectivity index (χ4n) is 7.77. The maximum atomic E-state index is 14.4. The number of aryl methyl sites for hydroxylation is 1. The summed E-state index contributed by atoms with van der Waals surface area (Å²) in [6, 6.07) is 26.4. The van der Waals surface area contributed by atoms with Crippen LogP contribution >= 0.6 is 0 Å². The summed E-state index contributed by atoms with van der Waals surface area (Å²) in [5.74, 6) is 1.51. The molecule has 7 rings (SSSR count). The van der Waals surface area contributed by atoms with Gasteiger partial charge in [-0.2, -0.15) is 0 Å². The maximum Gasteiger partial charge on any atom is 0.232 e. The van der Waals surface area contributed by atoms with Crippen LogP contribution in [0.2, 0.25) is 0 Å². The van der Waals surface area contributed by atoms with Crippen molar-refractivity contribution in [2.45, 2.75) is 47.0 Å². The van der Waals surface area contributed by atoms with Crippen LogP contribution in [0.3, 0.4) is 0 Å². The van der Waals surface area contributed by atoms with Gasteiger partial charge in [0.2, 0.25) is 23.1 Å². The summed E-state index contributed by atoms with van der Waals surface area (Å²) in [6.45, 7) is 17.6. The number of likely N-dealkylation sites (N-methyl/N-ethyl adjacent to an activating group) is 1. The van der Waals surface area contributed by atoms with Gasteiger partial charge >= 0.3 is 0 Å². The molecule has 0 bridgehead atoms. The number of hydrogen-bond acceptors (Lipinski definition) is 10. The van der Waals surface area contributed by atoms with E-state index in [2.05, 4.69) is 35.6 Å². The van der Waals surface area contributed by atoms with Crippen LogP contribution in [-0.2, 0) is 6.42 Å². The second kappa shape index (κ2) is 19.6. The molecule has 0 N–H and O–H groups in total. The molecule has 4 aromatic carbocycles. The molecule has 0 aliphatic carbocycles. The van der Waals surface area contributed by atoms with Crippen LogP contribution in [0.4, 0.5) is 0 Å². The lowest BCUT2D eigenvalue weighted by molar-refractivity contribution is 0.0997. The molecular formula is C49H57N3O7. The molecule has 2 aromatic heterocycles. The van der Waals surface area contributed by atoms with Crippen molar-refractivity contribution < 1.29 is 32.6 Å². The molecule has 0 radical (unpaired) electrons. The van der Waals surface area contributed by atoms with E-state index in [1.807, 2.05) is 80.6 Å². The lowest BCUT2D eigenvalue weighted by Gasteiger charge is -2.32. The van der Waals surface area contributed by atoms with Crippen molar-refractivity contribution in [3.8, 4) is 17.2 Å². The third kappa shape index (κ3) is 9.90. The average molecular weight is 800 g/mol. The molecule has 1 aliphatic heterocycles. The molecule has 1 saturated heterocycles. The quantitative estimate of drug-likeness (QED) is 0.0550. The van der Waals surface area contributed by atoms with Crippen LogP contribution in [0.25, 0.3) is 21.9 Å². The molecule has 1 fully saturated rings. The summed E-state index contributed by atoms with van der Waals surface area (Å²) in [7, 11) is 2.16. The second-order valence-corrected chi connectivity index (χ2v) is 15.4. The normalized spacial score (nSPS) is 13.7. The molecule has 0 saturated carbocycles. The van der Waals surface area contributed by atoms with E-state index in [0.717, 1.165) is 92.7 Å². The molecule has 0 spiro atoms. The summed E-state index contributed by atoms with van der Waals surface area (Å²) in [5.41, 5.74) is 5.02. The lowest BCUT2D eigenvalue weighted by Crippen LogP contribution is -2.44. The number of ketones is 2. The van der Waals surface area contributed by atoms with Gasteiger partial charge in [-0.3, -0.25) is 9.59 Å². The Balaban J connectivity index is 1.16. The zero-order valence-electron chi connectivity index (χ0n) is 35.2. The zero-order valence-corrected chi connectivity index (χ0v) is 35.2. The van der Waals surface area contributed by atoms with Crippen molar-refractivity contribution in [2.75, 3.05) is 79.2 Å². The highest BCUT2D eigenvalue weighted by molar-refractivity contribution is 6.13. The largest absolute Gasteiger partial charge is 0.494 e. The number of carbonyl (C=O) groups is 2. The second-order valence-electron chi connectivity index (χ2n) is 15.4. The number of piperazine rings is 1. The molecule has 1 aliphatic rings. The number of furan rings is 2. The summed E-state index contributed by atoms with van der Waals surface area (Å²) in [6.07, 6.45) is 2.10. The highest BCUT2D eigenvalue weighted by Crippen LogP contribution is 2.38. The first-order chi connectivity index (χ1) is 28.8. The first-order valence-corrected chi connectivity index (χ1v) is 21.1. The minimum absolute atomic E-state index is 0.187. The number of ether oxygens (including phenoxy) is 3. The van der Waals surface area contributed by atoms with Gasteiger partial charge in [-0.15, -0.1) is 0 Å². The van der Waals surface area contributed by atoms with Gasteiger partial charge in [0.15, 0.2) is 11.5 Å². The molecule has 0 amide bonds. The molecule has 310 valence electrons. The fraction of sp³-hybridized carbons (Fsp3) is 0.388. The highest BCUT2D eigenvalue weighted by Gasteiger charge is 2.27. The van der Waals surface area contributed by atoms with Crippen LogP contribution in [0.5, 0.6) is 17.2 Å². The highest BCUT2D eigenvalue weighted by atomic mass is 16.5. The standard InChI is InChI=1S/C49H57N3O7/c1-6-51(7-2)22-12-28-57-47-40-32-35(17-20-43(40)59-48(47)44(53)36-14-10-9-11-15-36)31-38-33-37(18-21-41(38)55-8-3)45(54)49-46(39-30-34(4)16-19-42(39)58-49)56-29-13-23-52-26-24-50(5)25-27-52/h9-11,14-21,30,32-33H,6-8,12-13,22-29,31H2,1-5H3. The Kier molecular flexibility index (Phi) is 13.8. The van der Waals surface area contributed by atoms with Gasteiger partial charge in [-0.05, 0) is 100 Å². The maximum absolute atomic E-state index is 14.4. The number of rotatable bonds is 20. The van der Waals surface area contributed by atoms with E-state index in [0.29, 0.717) is 65.8 Å². The number of nitrogens with zero attached hydrogens (tertiary/aromatic N) is 3. The van der Waals surface area contributed by atoms with Crippen LogP contribution in [0.15, 0.2) is 93.8 Å². The van der Waals surface area contributed by atoms with Gasteiger partial charge in [-0.1, -0.05) is 61.9 Å². The van der Waals surface area contributed by atoms with E-state index >= 15 is 0 Å². The number of carbonyl (C=O) groups excluding carboxylic acids is 2. The van der Waals surface area contributed by atoms with Gasteiger partial charge in [0.05, 0.1) is 30.6 Å². The van der Waals surface area contributed by atoms with Crippen molar-refractivity contribution in [1.29, 1.82) is 0 Å². The first-order valence-electron chi connectivity index (χ1n) is 21.1. The van der Waals surface area contributed by atoms with Crippen LogP contribution < -0.4 is 14.2 Å². The van der Waals surface area contributed by atoms with Crippen LogP contribution in [0, 0.1) is 6.92 Å². The van der Waals surface area contributed by atoms with Crippen molar-refractivity contribution in [2.24, 2.45) is 0 Å². The molecule has 59 heavy (non-hydrogen) atoms. The third-order valence-corrected chi connectivity index (χ3v) is 11.2. The van der Waals surface area contributed by atoms with Crippen molar-refractivity contribution in [3.05, 3.63) is 124 Å². The third-order valence-electron chi connectivity index (χ3n) is 11.2.